The van der Waals surface area contributed by atoms with Gasteiger partial charge in [-0.15, -0.1) is 0 Å². The van der Waals surface area contributed by atoms with E-state index < -0.39 is 21.8 Å². The van der Waals surface area contributed by atoms with Crippen molar-refractivity contribution in [1.82, 2.24) is 19.6 Å². The van der Waals surface area contributed by atoms with Crippen LogP contribution in [0.5, 0.6) is 0 Å². The van der Waals surface area contributed by atoms with Crippen LogP contribution in [0.2, 0.25) is 0 Å². The lowest BCUT2D eigenvalue weighted by Gasteiger charge is -2.26. The molecular weight excluding hydrogens is 436 g/mol. The van der Waals surface area contributed by atoms with Crippen molar-refractivity contribution in [1.29, 1.82) is 0 Å². The van der Waals surface area contributed by atoms with Crippen LogP contribution in [0, 0.1) is 11.6 Å². The number of aliphatic hydroxyl groups is 1. The van der Waals surface area contributed by atoms with Gasteiger partial charge in [-0.1, -0.05) is 23.9 Å². The van der Waals surface area contributed by atoms with Crippen molar-refractivity contribution in [3.63, 3.8) is 0 Å². The minimum atomic E-state index is -3.79. The lowest BCUT2D eigenvalue weighted by Crippen LogP contribution is -2.48. The second-order valence-electron chi connectivity index (χ2n) is 6.61. The van der Waals surface area contributed by atoms with Gasteiger partial charge in [-0.3, -0.25) is 4.72 Å². The molecule has 12 heteroatoms. The molecule has 8 nitrogen and oxygen atoms in total. The Morgan fingerprint density at radius 1 is 1.23 bits per heavy atom. The fraction of sp³-hybridized carbons (Fsp3) is 0.444. The van der Waals surface area contributed by atoms with Crippen molar-refractivity contribution in [2.75, 3.05) is 37.5 Å². The zero-order chi connectivity index (χ0) is 21.6. The van der Waals surface area contributed by atoms with Crippen LogP contribution >= 0.6 is 11.8 Å². The SMILES string of the molecule is O=S(=O)(Nc1cc(CCCO)nc(SCc2cccc(F)c2F)n1)N1CCNCC1. The van der Waals surface area contributed by atoms with Crippen molar-refractivity contribution in [2.45, 2.75) is 23.8 Å². The molecule has 30 heavy (non-hydrogen) atoms. The van der Waals surface area contributed by atoms with Gasteiger partial charge in [0.15, 0.2) is 16.8 Å². The molecule has 2 heterocycles. The van der Waals surface area contributed by atoms with Crippen molar-refractivity contribution in [3.05, 3.63) is 47.2 Å². The molecule has 1 aromatic heterocycles. The van der Waals surface area contributed by atoms with Gasteiger partial charge in [0, 0.05) is 55.9 Å². The molecule has 0 amide bonds. The second-order valence-corrected chi connectivity index (χ2v) is 9.23. The van der Waals surface area contributed by atoms with E-state index in [1.165, 1.54) is 22.5 Å². The van der Waals surface area contributed by atoms with Crippen molar-refractivity contribution >= 4 is 27.8 Å². The number of aliphatic hydroxyl groups excluding tert-OH is 1. The van der Waals surface area contributed by atoms with E-state index in [9.17, 15) is 17.2 Å². The maximum Gasteiger partial charge on any atom is 0.302 e. The third-order valence-corrected chi connectivity index (χ3v) is 6.80. The van der Waals surface area contributed by atoms with Gasteiger partial charge in [0.2, 0.25) is 0 Å². The summed E-state index contributed by atoms with van der Waals surface area (Å²) >= 11 is 1.07. The van der Waals surface area contributed by atoms with Crippen LogP contribution in [-0.2, 0) is 22.4 Å². The fourth-order valence-electron chi connectivity index (χ4n) is 2.86. The molecule has 3 rings (SSSR count). The first kappa shape index (κ1) is 22.8. The summed E-state index contributed by atoms with van der Waals surface area (Å²) in [6.07, 6.45) is 0.868. The van der Waals surface area contributed by atoms with Crippen LogP contribution in [-0.4, -0.2) is 60.6 Å². The number of nitrogens with zero attached hydrogens (tertiary/aromatic N) is 3. The predicted molar refractivity (Wildman–Crippen MR) is 110 cm³/mol. The highest BCUT2D eigenvalue weighted by Crippen LogP contribution is 2.24. The van der Waals surface area contributed by atoms with Crippen LogP contribution in [0.4, 0.5) is 14.6 Å². The average Bonchev–Trinajstić information content (AvgIpc) is 2.73. The van der Waals surface area contributed by atoms with Gasteiger partial charge in [-0.2, -0.15) is 12.7 Å². The zero-order valence-electron chi connectivity index (χ0n) is 16.1. The van der Waals surface area contributed by atoms with Crippen LogP contribution in [0.25, 0.3) is 0 Å². The van der Waals surface area contributed by atoms with Gasteiger partial charge in [0.05, 0.1) is 0 Å². The van der Waals surface area contributed by atoms with Crippen LogP contribution in [0.1, 0.15) is 17.7 Å². The molecule has 0 bridgehead atoms. The van der Waals surface area contributed by atoms with Gasteiger partial charge < -0.3 is 10.4 Å². The van der Waals surface area contributed by atoms with Gasteiger partial charge in [-0.05, 0) is 18.9 Å². The van der Waals surface area contributed by atoms with Crippen LogP contribution < -0.4 is 10.0 Å². The summed E-state index contributed by atoms with van der Waals surface area (Å²) in [6, 6.07) is 5.44. The largest absolute Gasteiger partial charge is 0.396 e. The smallest absolute Gasteiger partial charge is 0.302 e. The number of hydrogen-bond acceptors (Lipinski definition) is 7. The molecule has 1 aromatic carbocycles. The lowest BCUT2D eigenvalue weighted by atomic mass is 10.2. The van der Waals surface area contributed by atoms with Crippen molar-refractivity contribution in [3.8, 4) is 0 Å². The molecule has 1 aliphatic rings. The minimum Gasteiger partial charge on any atom is -0.396 e. The molecule has 164 valence electrons. The molecule has 1 saturated heterocycles. The van der Waals surface area contributed by atoms with Gasteiger partial charge in [0.25, 0.3) is 0 Å². The first-order valence-corrected chi connectivity index (χ1v) is 11.8. The molecule has 3 N–H and O–H groups in total. The molecule has 0 atom stereocenters. The Labute approximate surface area is 178 Å². The molecule has 2 aromatic rings. The molecule has 0 saturated carbocycles. The standard InChI is InChI=1S/C18H23F2N5O3S2/c19-15-5-1-3-13(17(15)20)12-29-18-22-14(4-2-10-26)11-16(23-18)24-30(27,28)25-8-6-21-7-9-25/h1,3,5,11,21,26H,2,4,6-10,12H2,(H,22,23,24). The average molecular weight is 460 g/mol. The van der Waals surface area contributed by atoms with Crippen LogP contribution in [0.15, 0.2) is 29.4 Å². The summed E-state index contributed by atoms with van der Waals surface area (Å²) in [5.74, 6) is -1.69. The van der Waals surface area contributed by atoms with E-state index in [0.717, 1.165) is 17.8 Å². The van der Waals surface area contributed by atoms with E-state index in [1.807, 2.05) is 0 Å². The number of benzene rings is 1. The zero-order valence-corrected chi connectivity index (χ0v) is 17.8. The molecule has 0 radical (unpaired) electrons. The Morgan fingerprint density at radius 3 is 2.73 bits per heavy atom. The van der Waals surface area contributed by atoms with Gasteiger partial charge >= 0.3 is 10.2 Å². The molecular formula is C18H23F2N5O3S2. The third-order valence-electron chi connectivity index (χ3n) is 4.39. The number of anilines is 1. The summed E-state index contributed by atoms with van der Waals surface area (Å²) in [7, 11) is -3.79. The fourth-order valence-corrected chi connectivity index (χ4v) is 4.88. The molecule has 0 spiro atoms. The van der Waals surface area contributed by atoms with Crippen molar-refractivity contribution in [2.24, 2.45) is 0 Å². The third kappa shape index (κ3) is 6.08. The van der Waals surface area contributed by atoms with E-state index in [1.54, 1.807) is 0 Å². The molecule has 1 fully saturated rings. The van der Waals surface area contributed by atoms with E-state index in [2.05, 4.69) is 20.0 Å². The maximum absolute atomic E-state index is 13.9. The summed E-state index contributed by atoms with van der Waals surface area (Å²) in [5, 5.41) is 12.4. The highest BCUT2D eigenvalue weighted by Gasteiger charge is 2.24. The Bertz CT molecular complexity index is 972. The van der Waals surface area contributed by atoms with Gasteiger partial charge in [-0.25, -0.2) is 18.7 Å². The normalized spacial score (nSPS) is 15.3. The number of halogens is 2. The van der Waals surface area contributed by atoms with Gasteiger partial charge in [0.1, 0.15) is 5.82 Å². The summed E-state index contributed by atoms with van der Waals surface area (Å²) in [5.41, 5.74) is 0.701. The summed E-state index contributed by atoms with van der Waals surface area (Å²) < 4.78 is 56.4. The Morgan fingerprint density at radius 2 is 2.00 bits per heavy atom. The molecule has 0 unspecified atom stereocenters. The number of piperazine rings is 1. The summed E-state index contributed by atoms with van der Waals surface area (Å²) in [6.45, 7) is 1.78. The quantitative estimate of drug-likeness (QED) is 0.386. The van der Waals surface area contributed by atoms with E-state index >= 15 is 0 Å². The Kier molecular flexibility index (Phi) is 7.94. The molecule has 1 aliphatic heterocycles. The first-order chi connectivity index (χ1) is 14.4. The highest BCUT2D eigenvalue weighted by molar-refractivity contribution is 7.98. The minimum absolute atomic E-state index is 0.0389. The number of aromatic nitrogens is 2. The summed E-state index contributed by atoms with van der Waals surface area (Å²) in [4.78, 5) is 8.58. The Balaban J connectivity index is 1.79. The van der Waals surface area contributed by atoms with E-state index in [4.69, 9.17) is 5.11 Å². The number of aryl methyl sites for hydroxylation is 1. The lowest BCUT2D eigenvalue weighted by molar-refractivity contribution is 0.288. The van der Waals surface area contributed by atoms with E-state index in [-0.39, 0.29) is 28.9 Å². The monoisotopic (exact) mass is 459 g/mol. The number of hydrogen-bond donors (Lipinski definition) is 3. The molecule has 0 aliphatic carbocycles. The predicted octanol–water partition coefficient (Wildman–Crippen LogP) is 1.53. The van der Waals surface area contributed by atoms with E-state index in [0.29, 0.717) is 44.7 Å². The highest BCUT2D eigenvalue weighted by atomic mass is 32.2. The Hall–Kier alpha value is -1.86. The first-order valence-electron chi connectivity index (χ1n) is 9.42. The van der Waals surface area contributed by atoms with Crippen LogP contribution in [0.3, 0.4) is 0 Å². The second kappa shape index (κ2) is 10.4. The maximum atomic E-state index is 13.9. The van der Waals surface area contributed by atoms with Crippen molar-refractivity contribution < 1.29 is 22.3 Å². The topological polar surface area (TPSA) is 107 Å². The number of thioether (sulfide) groups is 1. The number of nitrogens with one attached hydrogen (secondary N) is 2. The number of rotatable bonds is 9.